The van der Waals surface area contributed by atoms with Gasteiger partial charge in [0.1, 0.15) is 29.2 Å². The van der Waals surface area contributed by atoms with Crippen LogP contribution in [0.25, 0.3) is 17.0 Å². The summed E-state index contributed by atoms with van der Waals surface area (Å²) in [4.78, 5) is 62.2. The predicted octanol–water partition coefficient (Wildman–Crippen LogP) is 6.30. The van der Waals surface area contributed by atoms with E-state index in [9.17, 15) is 22.8 Å². The monoisotopic (exact) mass is 846 g/mol. The molecule has 60 heavy (non-hydrogen) atoms. The Morgan fingerprint density at radius 3 is 2.47 bits per heavy atom. The van der Waals surface area contributed by atoms with E-state index >= 15 is 4.79 Å². The molecule has 1 aromatic carbocycles. The quantitative estimate of drug-likeness (QED) is 0.228. The number of alkyl carbamates (subject to hydrolysis) is 1. The van der Waals surface area contributed by atoms with E-state index < -0.39 is 68.6 Å². The van der Waals surface area contributed by atoms with Gasteiger partial charge in [-0.2, -0.15) is 0 Å². The first-order chi connectivity index (χ1) is 28.9. The van der Waals surface area contributed by atoms with Crippen molar-refractivity contribution in [3.63, 3.8) is 0 Å². The Hall–Kier alpha value is -4.66. The first kappa shape index (κ1) is 42.0. The van der Waals surface area contributed by atoms with E-state index in [-0.39, 0.29) is 43.0 Å². The van der Waals surface area contributed by atoms with Crippen LogP contribution in [0.15, 0.2) is 36.9 Å². The van der Waals surface area contributed by atoms with Gasteiger partial charge in [-0.1, -0.05) is 43.9 Å². The van der Waals surface area contributed by atoms with Gasteiger partial charge in [0.2, 0.25) is 21.8 Å². The van der Waals surface area contributed by atoms with Gasteiger partial charge >= 0.3 is 6.09 Å². The number of nitrogens with zero attached hydrogens (tertiary/aromatic N) is 1. The lowest BCUT2D eigenvalue weighted by atomic mass is 9.77. The zero-order valence-corrected chi connectivity index (χ0v) is 35.4. The normalized spacial score (nSPS) is 31.6. The standard InChI is InChI=1S/C45H58N4O10S/c1-4-29-25-45(29,43(52)49-60(54,55)31-18-19-31)48-42(51)33-22-30-21-32(33)41(50)40(27-13-7-6-8-14-27)47-44(53)59-36-17-10-9-12-26(36)15-11-16-28-20-34-35(23-37(28)56-3)46-39(57-5-2)24-38(34)58-30/h4,11,16,20,23-24,26-27,29-33,36,40H,1,5-10,12-15,17-19,21-22,25H2,2-3H3,(H,47,53)(H,48,51)(H,49,52)/b16-11+/t26-,29+,30+,32?,33-,36+,40+,45-/m1/s1. The fraction of sp³-hybridized carbons (Fsp3) is 0.622. The van der Waals surface area contributed by atoms with Gasteiger partial charge in [0.05, 0.1) is 36.4 Å². The molecule has 14 nitrogen and oxygen atoms in total. The highest BCUT2D eigenvalue weighted by Gasteiger charge is 2.62. The molecule has 15 heteroatoms. The summed E-state index contributed by atoms with van der Waals surface area (Å²) in [5.41, 5.74) is -0.149. The Balaban J connectivity index is 1.18. The van der Waals surface area contributed by atoms with E-state index in [1.807, 2.05) is 25.1 Å². The lowest BCUT2D eigenvalue weighted by Crippen LogP contribution is -2.55. The zero-order valence-electron chi connectivity index (χ0n) is 34.6. The highest BCUT2D eigenvalue weighted by Crippen LogP contribution is 2.47. The number of amides is 3. The molecule has 4 bridgehead atoms. The second kappa shape index (κ2) is 17.4. The molecule has 5 fully saturated rings. The Morgan fingerprint density at radius 2 is 1.75 bits per heavy atom. The molecule has 8 rings (SSSR count). The number of carbonyl (C=O) groups excluding carboxylic acids is 4. The minimum Gasteiger partial charge on any atom is -0.496 e. The second-order valence-electron chi connectivity index (χ2n) is 17.7. The summed E-state index contributed by atoms with van der Waals surface area (Å²) in [6.45, 7) is 6.06. The summed E-state index contributed by atoms with van der Waals surface area (Å²) in [5, 5.41) is 6.00. The van der Waals surface area contributed by atoms with Crippen LogP contribution >= 0.6 is 0 Å². The smallest absolute Gasteiger partial charge is 0.408 e. The van der Waals surface area contributed by atoms with Gasteiger partial charge < -0.3 is 29.6 Å². The highest BCUT2D eigenvalue weighted by molar-refractivity contribution is 7.91. The van der Waals surface area contributed by atoms with E-state index in [0.717, 1.165) is 63.4 Å². The van der Waals surface area contributed by atoms with E-state index in [2.05, 4.69) is 28.0 Å². The maximum Gasteiger partial charge on any atom is 0.408 e. The Bertz CT molecular complexity index is 2150. The SMILES string of the molecule is C=C[C@H]1C[C@]1(NC(=O)[C@@H]1C[C@@H]2CC1C(=O)[C@H](C1CCCCC1)NC(=O)O[C@H]1CCCC[C@@H]1C/C=C/c1cc3c(cc(OCC)nc3cc1OC)O2)C(=O)NS(=O)(=O)C1CC1. The third-order valence-corrected chi connectivity index (χ3v) is 15.5. The van der Waals surface area contributed by atoms with E-state index in [1.54, 1.807) is 19.3 Å². The summed E-state index contributed by atoms with van der Waals surface area (Å²) < 4.78 is 52.6. The molecule has 2 heterocycles. The van der Waals surface area contributed by atoms with Crippen molar-refractivity contribution in [3.05, 3.63) is 42.5 Å². The molecule has 0 spiro atoms. The van der Waals surface area contributed by atoms with Crippen LogP contribution < -0.4 is 29.6 Å². The van der Waals surface area contributed by atoms with Crippen molar-refractivity contribution in [2.24, 2.45) is 29.6 Å². The van der Waals surface area contributed by atoms with Gasteiger partial charge in [-0.15, -0.1) is 6.58 Å². The molecule has 1 aliphatic heterocycles. The number of ketones is 1. The number of methoxy groups -OCH3 is 1. The maximum atomic E-state index is 15.2. The van der Waals surface area contributed by atoms with Crippen LogP contribution in [0.2, 0.25) is 0 Å². The van der Waals surface area contributed by atoms with Gasteiger partial charge in [-0.05, 0) is 95.5 Å². The fourth-order valence-corrected chi connectivity index (χ4v) is 11.5. The Labute approximate surface area is 352 Å². The molecule has 5 aliphatic carbocycles. The number of ether oxygens (including phenoxy) is 4. The molecule has 1 aromatic heterocycles. The maximum absolute atomic E-state index is 15.2. The van der Waals surface area contributed by atoms with Gasteiger partial charge in [0.15, 0.2) is 5.78 Å². The number of pyridine rings is 1. The van der Waals surface area contributed by atoms with Gasteiger partial charge in [0, 0.05) is 34.9 Å². The number of allylic oxidation sites excluding steroid dienone is 1. The number of rotatable bonds is 10. The number of Topliss-reactive ketones (excluding diaryl/α,β-unsaturated/α-hetero) is 1. The van der Waals surface area contributed by atoms with Crippen molar-refractivity contribution < 1.29 is 46.5 Å². The first-order valence-corrected chi connectivity index (χ1v) is 23.5. The molecule has 6 aliphatic rings. The predicted molar refractivity (Wildman–Crippen MR) is 224 cm³/mol. The minimum atomic E-state index is -3.90. The number of carbonyl (C=O) groups is 4. The van der Waals surface area contributed by atoms with Crippen LogP contribution in [0.3, 0.4) is 0 Å². The largest absolute Gasteiger partial charge is 0.496 e. The molecular formula is C45H58N4O10S. The Morgan fingerprint density at radius 1 is 1.00 bits per heavy atom. The highest BCUT2D eigenvalue weighted by atomic mass is 32.2. The van der Waals surface area contributed by atoms with Gasteiger partial charge in [-0.25, -0.2) is 18.2 Å². The molecule has 0 saturated heterocycles. The van der Waals surface area contributed by atoms with E-state index in [4.69, 9.17) is 23.9 Å². The third kappa shape index (κ3) is 8.73. The van der Waals surface area contributed by atoms with Crippen LogP contribution in [0.4, 0.5) is 4.79 Å². The summed E-state index contributed by atoms with van der Waals surface area (Å²) in [7, 11) is -2.30. The van der Waals surface area contributed by atoms with Crippen molar-refractivity contribution in [1.29, 1.82) is 0 Å². The topological polar surface area (TPSA) is 188 Å². The van der Waals surface area contributed by atoms with E-state index in [0.29, 0.717) is 54.2 Å². The Kier molecular flexibility index (Phi) is 12.2. The van der Waals surface area contributed by atoms with Crippen molar-refractivity contribution in [1.82, 2.24) is 20.3 Å². The molecule has 2 aromatic rings. The van der Waals surface area contributed by atoms with Crippen molar-refractivity contribution >= 4 is 50.7 Å². The number of fused-ring (bicyclic) bond motifs is 4. The lowest BCUT2D eigenvalue weighted by Gasteiger charge is -2.34. The number of nitrogens with one attached hydrogen (secondary N) is 3. The van der Waals surface area contributed by atoms with Crippen LogP contribution in [-0.2, 0) is 29.1 Å². The summed E-state index contributed by atoms with van der Waals surface area (Å²) >= 11 is 0. The molecule has 5 saturated carbocycles. The van der Waals surface area contributed by atoms with E-state index in [1.165, 1.54) is 0 Å². The number of sulfonamides is 1. The summed E-state index contributed by atoms with van der Waals surface area (Å²) in [6.07, 6.45) is 14.0. The van der Waals surface area contributed by atoms with Crippen LogP contribution in [0.1, 0.15) is 109 Å². The van der Waals surface area contributed by atoms with Gasteiger partial charge in [-0.3, -0.25) is 19.1 Å². The summed E-state index contributed by atoms with van der Waals surface area (Å²) in [6, 6.07) is 4.62. The first-order valence-electron chi connectivity index (χ1n) is 21.9. The van der Waals surface area contributed by atoms with Crippen LogP contribution in [0.5, 0.6) is 17.4 Å². The van der Waals surface area contributed by atoms with Crippen molar-refractivity contribution in [2.75, 3.05) is 13.7 Å². The average Bonchev–Trinajstić information content (AvgIpc) is 4.17. The molecular weight excluding hydrogens is 789 g/mol. The third-order valence-electron chi connectivity index (χ3n) is 13.7. The molecule has 3 amide bonds. The molecule has 3 N–H and O–H groups in total. The number of benzene rings is 1. The van der Waals surface area contributed by atoms with Crippen molar-refractivity contribution in [2.45, 2.75) is 132 Å². The fourth-order valence-electron chi connectivity index (χ4n) is 10.1. The molecule has 324 valence electrons. The van der Waals surface area contributed by atoms with Crippen LogP contribution in [0, 0.1) is 29.6 Å². The average molecular weight is 847 g/mol. The minimum absolute atomic E-state index is 0.0819. The number of aromatic nitrogens is 1. The molecule has 0 radical (unpaired) electrons. The van der Waals surface area contributed by atoms with Gasteiger partial charge in [0.25, 0.3) is 5.91 Å². The summed E-state index contributed by atoms with van der Waals surface area (Å²) in [5.74, 6) is -2.68. The number of hydrogen-bond donors (Lipinski definition) is 3. The molecule has 8 atom stereocenters. The zero-order chi connectivity index (χ0) is 42.2. The van der Waals surface area contributed by atoms with Crippen LogP contribution in [-0.4, -0.2) is 79.8 Å². The number of hydrogen-bond acceptors (Lipinski definition) is 11. The van der Waals surface area contributed by atoms with Crippen molar-refractivity contribution in [3.8, 4) is 17.4 Å². The second-order valence-corrected chi connectivity index (χ2v) is 19.6. The lowest BCUT2D eigenvalue weighted by molar-refractivity contribution is -0.136. The molecule has 1 unspecified atom stereocenters.